The maximum atomic E-state index is 12.5. The molecule has 4 bridgehead atoms. The van der Waals surface area contributed by atoms with Gasteiger partial charge in [0.25, 0.3) is 0 Å². The molecule has 1 N–H and O–H groups in total. The Bertz CT molecular complexity index is 823. The van der Waals surface area contributed by atoms with Gasteiger partial charge in [-0.3, -0.25) is 4.79 Å². The molecule has 9 atom stereocenters. The van der Waals surface area contributed by atoms with E-state index in [-0.39, 0.29) is 34.7 Å². The fourth-order valence-electron chi connectivity index (χ4n) is 8.84. The monoisotopic (exact) mass is 476 g/mol. The van der Waals surface area contributed by atoms with Gasteiger partial charge in [-0.05, 0) is 83.0 Å². The van der Waals surface area contributed by atoms with Crippen molar-refractivity contribution in [3.8, 4) is 0 Å². The highest BCUT2D eigenvalue weighted by Crippen LogP contribution is 2.66. The van der Waals surface area contributed by atoms with Gasteiger partial charge in [-0.15, -0.1) is 0 Å². The van der Waals surface area contributed by atoms with Crippen molar-refractivity contribution in [2.24, 2.45) is 29.1 Å². The van der Waals surface area contributed by atoms with Crippen molar-refractivity contribution >= 4 is 5.78 Å². The number of rotatable bonds is 7. The Kier molecular flexibility index (Phi) is 5.92. The molecule has 5 heteroatoms. The topological polar surface area (TPSA) is 65.0 Å². The quantitative estimate of drug-likeness (QED) is 0.502. The van der Waals surface area contributed by atoms with Crippen LogP contribution in [0, 0.1) is 29.1 Å². The summed E-state index contributed by atoms with van der Waals surface area (Å²) in [7, 11) is 0. The van der Waals surface area contributed by atoms with Gasteiger partial charge in [-0.25, -0.2) is 0 Å². The van der Waals surface area contributed by atoms with E-state index in [1.807, 2.05) is 27.7 Å². The standard InChI is InChI=1S/C29H48O5/c1-18(2)22(30)13-14-26(7)23-11-9-20(4)28(26,33-23)15-12-21-19(3)8-10-24-27(21)16-17-29(31,34-27)25(5,6)32-24/h18-21,23-24,31H,8-17H2,1-7H3. The predicted molar refractivity (Wildman–Crippen MR) is 131 cm³/mol. The average Bonchev–Trinajstić information content (AvgIpc) is 3.10. The molecule has 2 saturated carbocycles. The molecule has 6 rings (SSSR count). The van der Waals surface area contributed by atoms with E-state index in [4.69, 9.17) is 14.2 Å². The van der Waals surface area contributed by atoms with Crippen LogP contribution in [0.5, 0.6) is 0 Å². The number of fused-ring (bicyclic) bond motifs is 3. The summed E-state index contributed by atoms with van der Waals surface area (Å²) in [5.41, 5.74) is -1.15. The molecule has 4 saturated heterocycles. The Hall–Kier alpha value is -0.490. The summed E-state index contributed by atoms with van der Waals surface area (Å²) in [4.78, 5) is 12.5. The van der Waals surface area contributed by atoms with Crippen LogP contribution in [0.15, 0.2) is 0 Å². The minimum absolute atomic E-state index is 0.0536. The van der Waals surface area contributed by atoms with E-state index in [9.17, 15) is 9.90 Å². The Balaban J connectivity index is 1.37. The number of hydrogen-bond acceptors (Lipinski definition) is 5. The summed E-state index contributed by atoms with van der Waals surface area (Å²) in [6, 6.07) is 0. The molecule has 194 valence electrons. The first kappa shape index (κ1) is 25.2. The van der Waals surface area contributed by atoms with Crippen molar-refractivity contribution in [1.82, 2.24) is 0 Å². The second-order valence-electron chi connectivity index (χ2n) is 13.7. The lowest BCUT2D eigenvalue weighted by Gasteiger charge is -2.69. The summed E-state index contributed by atoms with van der Waals surface area (Å²) in [6.07, 6.45) is 9.95. The molecule has 2 aliphatic carbocycles. The minimum Gasteiger partial charge on any atom is -0.370 e. The second kappa shape index (κ2) is 8.00. The molecule has 0 aromatic heterocycles. The molecule has 1 spiro atoms. The number of carbonyl (C=O) groups excluding carboxylic acids is 1. The van der Waals surface area contributed by atoms with Crippen molar-refractivity contribution in [2.45, 2.75) is 147 Å². The van der Waals surface area contributed by atoms with Crippen molar-refractivity contribution in [3.05, 3.63) is 0 Å². The molecule has 0 aromatic rings. The lowest BCUT2D eigenvalue weighted by Crippen LogP contribution is -2.73. The van der Waals surface area contributed by atoms with Crippen LogP contribution in [0.25, 0.3) is 0 Å². The Morgan fingerprint density at radius 1 is 0.971 bits per heavy atom. The maximum Gasteiger partial charge on any atom is 0.195 e. The van der Waals surface area contributed by atoms with Gasteiger partial charge in [-0.1, -0.05) is 34.6 Å². The molecule has 6 aliphatic rings. The van der Waals surface area contributed by atoms with Crippen LogP contribution in [-0.4, -0.2) is 45.7 Å². The molecule has 0 aromatic carbocycles. The molecule has 6 fully saturated rings. The molecule has 0 radical (unpaired) electrons. The first-order valence-corrected chi connectivity index (χ1v) is 14.1. The number of ether oxygens (including phenoxy) is 3. The lowest BCUT2D eigenvalue weighted by atomic mass is 9.49. The molecule has 0 amide bonds. The summed E-state index contributed by atoms with van der Waals surface area (Å²) >= 11 is 0. The van der Waals surface area contributed by atoms with Crippen LogP contribution in [0.4, 0.5) is 0 Å². The fourth-order valence-corrected chi connectivity index (χ4v) is 8.84. The van der Waals surface area contributed by atoms with Gasteiger partial charge in [-0.2, -0.15) is 0 Å². The van der Waals surface area contributed by atoms with Crippen LogP contribution in [0.1, 0.15) is 113 Å². The minimum atomic E-state index is -1.20. The molecular formula is C29H48O5. The summed E-state index contributed by atoms with van der Waals surface area (Å²) in [5.74, 6) is 0.654. The second-order valence-corrected chi connectivity index (χ2v) is 13.7. The van der Waals surface area contributed by atoms with Crippen LogP contribution < -0.4 is 0 Å². The van der Waals surface area contributed by atoms with Crippen molar-refractivity contribution in [2.75, 3.05) is 0 Å². The fraction of sp³-hybridized carbons (Fsp3) is 0.966. The van der Waals surface area contributed by atoms with Crippen LogP contribution in [-0.2, 0) is 19.0 Å². The zero-order chi connectivity index (χ0) is 24.7. The maximum absolute atomic E-state index is 12.5. The van der Waals surface area contributed by atoms with Crippen molar-refractivity contribution in [1.29, 1.82) is 0 Å². The van der Waals surface area contributed by atoms with Gasteiger partial charge in [0.05, 0.1) is 17.8 Å². The average molecular weight is 477 g/mol. The first-order valence-electron chi connectivity index (χ1n) is 14.1. The molecule has 5 nitrogen and oxygen atoms in total. The van der Waals surface area contributed by atoms with Gasteiger partial charge in [0.1, 0.15) is 17.0 Å². The smallest absolute Gasteiger partial charge is 0.195 e. The largest absolute Gasteiger partial charge is 0.370 e. The summed E-state index contributed by atoms with van der Waals surface area (Å²) in [5, 5.41) is 11.4. The number of Topliss-reactive ketones (excluding diaryl/α,β-unsaturated/α-hetero) is 1. The SMILES string of the molecule is CC(C)C(=O)CCC1(C)C2CCC(C)C1(CCC1C(C)CCC3OC(C)(C)C4(O)CCC31O4)O2. The van der Waals surface area contributed by atoms with Crippen LogP contribution in [0.3, 0.4) is 0 Å². The molecule has 34 heavy (non-hydrogen) atoms. The van der Waals surface area contributed by atoms with Crippen LogP contribution >= 0.6 is 0 Å². The lowest BCUT2D eigenvalue weighted by molar-refractivity contribution is -0.400. The van der Waals surface area contributed by atoms with E-state index in [0.717, 1.165) is 44.9 Å². The summed E-state index contributed by atoms with van der Waals surface area (Å²) < 4.78 is 20.0. The number of aliphatic hydroxyl groups is 1. The highest BCUT2D eigenvalue weighted by Gasteiger charge is 2.71. The zero-order valence-corrected chi connectivity index (χ0v) is 22.6. The Morgan fingerprint density at radius 2 is 1.68 bits per heavy atom. The van der Waals surface area contributed by atoms with E-state index in [1.54, 1.807) is 0 Å². The molecular weight excluding hydrogens is 428 g/mol. The van der Waals surface area contributed by atoms with E-state index in [1.165, 1.54) is 6.42 Å². The Labute approximate surface area is 206 Å². The summed E-state index contributed by atoms with van der Waals surface area (Å²) in [6.45, 7) is 15.1. The van der Waals surface area contributed by atoms with Gasteiger partial charge in [0.15, 0.2) is 5.79 Å². The van der Waals surface area contributed by atoms with E-state index in [0.29, 0.717) is 36.4 Å². The number of ketones is 1. The normalized spacial score (nSPS) is 51.1. The van der Waals surface area contributed by atoms with E-state index >= 15 is 0 Å². The van der Waals surface area contributed by atoms with Crippen LogP contribution in [0.2, 0.25) is 0 Å². The number of hydrogen-bond donors (Lipinski definition) is 1. The zero-order valence-electron chi connectivity index (χ0n) is 22.6. The van der Waals surface area contributed by atoms with E-state index in [2.05, 4.69) is 20.8 Å². The Morgan fingerprint density at radius 3 is 2.35 bits per heavy atom. The third kappa shape index (κ3) is 3.28. The predicted octanol–water partition coefficient (Wildman–Crippen LogP) is 5.81. The first-order chi connectivity index (χ1) is 15.8. The third-order valence-corrected chi connectivity index (χ3v) is 11.4. The molecule has 4 heterocycles. The third-order valence-electron chi connectivity index (χ3n) is 11.4. The van der Waals surface area contributed by atoms with Gasteiger partial charge in [0, 0.05) is 24.2 Å². The van der Waals surface area contributed by atoms with Gasteiger partial charge >= 0.3 is 0 Å². The number of carbonyl (C=O) groups is 1. The molecule has 4 aliphatic heterocycles. The van der Waals surface area contributed by atoms with Gasteiger partial charge < -0.3 is 19.3 Å². The van der Waals surface area contributed by atoms with E-state index < -0.39 is 11.4 Å². The molecule has 9 unspecified atom stereocenters. The highest BCUT2D eigenvalue weighted by molar-refractivity contribution is 5.80. The van der Waals surface area contributed by atoms with Gasteiger partial charge in [0.2, 0.25) is 0 Å². The highest BCUT2D eigenvalue weighted by atomic mass is 16.7. The van der Waals surface area contributed by atoms with Crippen molar-refractivity contribution < 1.29 is 24.1 Å². The van der Waals surface area contributed by atoms with Crippen molar-refractivity contribution in [3.63, 3.8) is 0 Å².